The fourth-order valence-corrected chi connectivity index (χ4v) is 1.26. The number of anilines is 2. The van der Waals surface area contributed by atoms with Gasteiger partial charge in [-0.3, -0.25) is 0 Å². The van der Waals surface area contributed by atoms with E-state index in [4.69, 9.17) is 10.5 Å². The van der Waals surface area contributed by atoms with Crippen LogP contribution in [-0.2, 0) is 0 Å². The number of nitrogens with two attached hydrogens (primary N) is 1. The summed E-state index contributed by atoms with van der Waals surface area (Å²) in [4.78, 5) is 3.88. The van der Waals surface area contributed by atoms with Crippen molar-refractivity contribution in [3.63, 3.8) is 0 Å². The second-order valence-corrected chi connectivity index (χ2v) is 3.76. The predicted molar refractivity (Wildman–Crippen MR) is 66.8 cm³/mol. The van der Waals surface area contributed by atoms with E-state index in [1.807, 2.05) is 6.92 Å². The Morgan fingerprint density at radius 1 is 1.47 bits per heavy atom. The maximum Gasteiger partial charge on any atom is 0.347 e. The first-order valence-corrected chi connectivity index (χ1v) is 5.95. The molecule has 0 radical (unpaired) electrons. The topological polar surface area (TPSA) is 87.1 Å². The van der Waals surface area contributed by atoms with Gasteiger partial charge in [-0.1, -0.05) is 25.3 Å². The number of nitrogens with one attached hydrogen (secondary N) is 1. The van der Waals surface area contributed by atoms with Crippen LogP contribution in [-0.4, -0.2) is 18.1 Å². The van der Waals surface area contributed by atoms with Crippen LogP contribution in [0.25, 0.3) is 0 Å². The number of rotatable bonds is 7. The van der Waals surface area contributed by atoms with Gasteiger partial charge in [0.05, 0.1) is 12.7 Å². The molecular weight excluding hydrogens is 220 g/mol. The van der Waals surface area contributed by atoms with Crippen molar-refractivity contribution >= 4 is 11.8 Å². The molecule has 0 spiro atoms. The smallest absolute Gasteiger partial charge is 0.347 e. The van der Waals surface area contributed by atoms with Crippen molar-refractivity contribution in [1.82, 2.24) is 4.98 Å². The summed E-state index contributed by atoms with van der Waals surface area (Å²) >= 11 is 0. The Labute approximate surface area is 101 Å². The largest absolute Gasteiger partial charge is 0.754 e. The first kappa shape index (κ1) is 13.3. The molecule has 0 aliphatic carbocycles. The Hall–Kier alpha value is -1.72. The summed E-state index contributed by atoms with van der Waals surface area (Å²) in [5.74, 6) is 0.671. The second-order valence-electron chi connectivity index (χ2n) is 3.76. The van der Waals surface area contributed by atoms with Gasteiger partial charge >= 0.3 is 5.95 Å². The maximum absolute atomic E-state index is 11.6. The Kier molecular flexibility index (Phi) is 5.32. The molecule has 0 saturated heterocycles. The van der Waals surface area contributed by atoms with Crippen molar-refractivity contribution in [2.45, 2.75) is 33.1 Å². The summed E-state index contributed by atoms with van der Waals surface area (Å²) in [6.07, 6.45) is 2.92. The summed E-state index contributed by atoms with van der Waals surface area (Å²) in [6.45, 7) is 5.39. The molecule has 0 fully saturated rings. The summed E-state index contributed by atoms with van der Waals surface area (Å²) in [5.41, 5.74) is 5.52. The lowest BCUT2D eigenvalue weighted by Gasteiger charge is -2.14. The highest BCUT2D eigenvalue weighted by molar-refractivity contribution is 5.36. The van der Waals surface area contributed by atoms with Gasteiger partial charge in [0.15, 0.2) is 0 Å². The molecule has 17 heavy (non-hydrogen) atoms. The fourth-order valence-electron chi connectivity index (χ4n) is 1.26. The summed E-state index contributed by atoms with van der Waals surface area (Å²) in [7, 11) is 0. The van der Waals surface area contributed by atoms with Crippen molar-refractivity contribution < 1.29 is 9.47 Å². The number of ether oxygens (including phenoxy) is 1. The zero-order valence-electron chi connectivity index (χ0n) is 10.4. The van der Waals surface area contributed by atoms with Gasteiger partial charge in [-0.15, -0.1) is 0 Å². The van der Waals surface area contributed by atoms with Crippen LogP contribution in [0.4, 0.5) is 11.8 Å². The summed E-state index contributed by atoms with van der Waals surface area (Å²) in [5, 5.41) is 14.6. The predicted octanol–water partition coefficient (Wildman–Crippen LogP) is 1.30. The van der Waals surface area contributed by atoms with E-state index in [0.717, 1.165) is 19.3 Å². The third-order valence-corrected chi connectivity index (χ3v) is 2.22. The molecule has 0 aromatic carbocycles. The molecule has 3 N–H and O–H groups in total. The van der Waals surface area contributed by atoms with E-state index in [1.54, 1.807) is 6.07 Å². The van der Waals surface area contributed by atoms with Crippen LogP contribution in [0.3, 0.4) is 0 Å². The van der Waals surface area contributed by atoms with Gasteiger partial charge in [0, 0.05) is 6.54 Å². The molecule has 0 unspecified atom stereocenters. The summed E-state index contributed by atoms with van der Waals surface area (Å²) in [6, 6.07) is 1.58. The zero-order valence-corrected chi connectivity index (χ0v) is 10.4. The van der Waals surface area contributed by atoms with E-state index >= 15 is 0 Å². The Balaban J connectivity index is 2.74. The lowest BCUT2D eigenvalue weighted by atomic mass is 10.4. The zero-order chi connectivity index (χ0) is 12.7. The molecule has 0 aliphatic rings. The molecule has 6 heteroatoms. The third kappa shape index (κ3) is 3.97. The van der Waals surface area contributed by atoms with Crippen LogP contribution in [0.15, 0.2) is 6.07 Å². The second kappa shape index (κ2) is 6.78. The highest BCUT2D eigenvalue weighted by Gasteiger charge is 2.10. The highest BCUT2D eigenvalue weighted by Crippen LogP contribution is 2.13. The first-order valence-electron chi connectivity index (χ1n) is 5.95. The SMILES string of the molecule is CCCCOc1cc(NCCC)[n+]([O-])c(N)n1. The molecule has 96 valence electrons. The van der Waals surface area contributed by atoms with Crippen LogP contribution in [0.5, 0.6) is 5.88 Å². The quantitative estimate of drug-likeness (QED) is 0.426. The van der Waals surface area contributed by atoms with Crippen LogP contribution in [0.1, 0.15) is 33.1 Å². The number of nitrogens with zero attached hydrogens (tertiary/aromatic N) is 2. The molecule has 1 rings (SSSR count). The fraction of sp³-hybridized carbons (Fsp3) is 0.636. The molecule has 0 atom stereocenters. The molecule has 0 aliphatic heterocycles. The molecule has 0 amide bonds. The van der Waals surface area contributed by atoms with E-state index in [9.17, 15) is 5.21 Å². The van der Waals surface area contributed by atoms with Gasteiger partial charge in [0.2, 0.25) is 5.82 Å². The first-order chi connectivity index (χ1) is 8.19. The number of unbranched alkanes of at least 4 members (excludes halogenated alkanes) is 1. The van der Waals surface area contributed by atoms with Crippen molar-refractivity contribution in [3.05, 3.63) is 11.3 Å². The van der Waals surface area contributed by atoms with Crippen LogP contribution >= 0.6 is 0 Å². The maximum atomic E-state index is 11.6. The monoisotopic (exact) mass is 240 g/mol. The lowest BCUT2D eigenvalue weighted by molar-refractivity contribution is -0.577. The van der Waals surface area contributed by atoms with E-state index in [2.05, 4.69) is 17.2 Å². The van der Waals surface area contributed by atoms with Crippen LogP contribution in [0, 0.1) is 5.21 Å². The van der Waals surface area contributed by atoms with Gasteiger partial charge in [-0.25, -0.2) is 4.73 Å². The number of aromatic nitrogens is 2. The standard InChI is InChI=1S/C11H20N4O2/c1-3-5-7-17-10-8-9(13-6-4-2)15(16)11(12)14-10/h8,13H,3-7H2,1-2H3,(H2,12,14). The Morgan fingerprint density at radius 3 is 2.88 bits per heavy atom. The minimum Gasteiger partial charge on any atom is -0.754 e. The molecule has 1 aromatic rings. The van der Waals surface area contributed by atoms with Gasteiger partial charge < -0.3 is 21.0 Å². The van der Waals surface area contributed by atoms with Crippen LogP contribution < -0.4 is 20.5 Å². The lowest BCUT2D eigenvalue weighted by Crippen LogP contribution is -2.35. The van der Waals surface area contributed by atoms with Crippen molar-refractivity contribution in [1.29, 1.82) is 0 Å². The molecule has 0 bridgehead atoms. The van der Waals surface area contributed by atoms with Gasteiger partial charge in [-0.05, 0) is 12.8 Å². The third-order valence-electron chi connectivity index (χ3n) is 2.22. The van der Waals surface area contributed by atoms with E-state index < -0.39 is 0 Å². The van der Waals surface area contributed by atoms with E-state index in [0.29, 0.717) is 29.6 Å². The normalized spacial score (nSPS) is 10.2. The van der Waals surface area contributed by atoms with E-state index in [-0.39, 0.29) is 5.95 Å². The van der Waals surface area contributed by atoms with Gasteiger partial charge in [-0.2, -0.15) is 0 Å². The number of nitrogen functional groups attached to an aromatic ring is 1. The molecule has 1 aromatic heterocycles. The van der Waals surface area contributed by atoms with Crippen molar-refractivity contribution in [3.8, 4) is 5.88 Å². The van der Waals surface area contributed by atoms with Gasteiger partial charge in [0.25, 0.3) is 5.88 Å². The highest BCUT2D eigenvalue weighted by atomic mass is 16.5. The van der Waals surface area contributed by atoms with Crippen molar-refractivity contribution in [2.75, 3.05) is 24.2 Å². The Bertz CT molecular complexity index is 358. The average molecular weight is 240 g/mol. The molecule has 1 heterocycles. The van der Waals surface area contributed by atoms with Crippen molar-refractivity contribution in [2.24, 2.45) is 0 Å². The number of hydrogen-bond acceptors (Lipinski definition) is 5. The average Bonchev–Trinajstić information content (AvgIpc) is 2.32. The minimum absolute atomic E-state index is 0.0994. The molecule has 0 saturated carbocycles. The number of hydrogen-bond donors (Lipinski definition) is 2. The minimum atomic E-state index is -0.0994. The summed E-state index contributed by atoms with van der Waals surface area (Å²) < 4.78 is 5.99. The van der Waals surface area contributed by atoms with Gasteiger partial charge in [0.1, 0.15) is 0 Å². The molecular formula is C11H20N4O2. The van der Waals surface area contributed by atoms with E-state index in [1.165, 1.54) is 0 Å². The molecule has 6 nitrogen and oxygen atoms in total. The Morgan fingerprint density at radius 2 is 2.24 bits per heavy atom. The van der Waals surface area contributed by atoms with Crippen LogP contribution in [0.2, 0.25) is 0 Å².